The molecule has 0 amide bonds. The van der Waals surface area contributed by atoms with Gasteiger partial charge in [0, 0.05) is 43.0 Å². The maximum absolute atomic E-state index is 7.00. The number of aliphatic hydroxyl groups excluding tert-OH is 3. The quantitative estimate of drug-likeness (QED) is 0.362. The Hall–Kier alpha value is 0.204. The minimum absolute atomic E-state index is 0. The first-order valence-corrected chi connectivity index (χ1v) is 2.16. The van der Waals surface area contributed by atoms with E-state index < -0.39 is 0 Å². The summed E-state index contributed by atoms with van der Waals surface area (Å²) in [4.78, 5) is 0. The Morgan fingerprint density at radius 3 is 1.00 bits per heavy atom. The van der Waals surface area contributed by atoms with Crippen molar-refractivity contribution in [2.75, 3.05) is 21.3 Å². The smallest absolute Gasteiger partial charge is 0.0319 e. The first kappa shape index (κ1) is 31.9. The Bertz CT molecular complexity index is 20.5. The van der Waals surface area contributed by atoms with Crippen LogP contribution in [-0.4, -0.2) is 36.6 Å². The molecule has 4 heteroatoms. The van der Waals surface area contributed by atoms with Gasteiger partial charge in [-0.15, -0.1) is 0 Å². The Morgan fingerprint density at radius 1 is 1.00 bits per heavy atom. The molecule has 0 aliphatic rings. The number of hydrogen-bond donors (Lipinski definition) is 3. The van der Waals surface area contributed by atoms with E-state index in [0.717, 1.165) is 21.3 Å². The summed E-state index contributed by atoms with van der Waals surface area (Å²) in [6.45, 7) is 6.50. The van der Waals surface area contributed by atoms with Crippen LogP contribution in [0, 0.1) is 6.92 Å². The molecule has 0 aromatic heterocycles. The molecule has 0 aliphatic heterocycles. The fourth-order valence-corrected chi connectivity index (χ4v) is 0. The van der Waals surface area contributed by atoms with E-state index in [1.54, 1.807) is 0 Å². The molecule has 0 heterocycles. The van der Waals surface area contributed by atoms with Crippen LogP contribution >= 0.6 is 0 Å². The molecule has 0 spiro atoms. The molecule has 0 atom stereocenters. The Morgan fingerprint density at radius 2 is 1.00 bits per heavy atom. The molecule has 10 heavy (non-hydrogen) atoms. The van der Waals surface area contributed by atoms with E-state index in [1.807, 2.05) is 0 Å². The number of aliphatic hydroxyl groups is 3. The standard InChI is InChI=1S/C3H5.3CH4O.Ti/c1-3-2;3*1-2;/h3H,1-2H2;3*2H,1H3;/q-1;;;;. The predicted molar refractivity (Wildman–Crippen MR) is 40.0 cm³/mol. The van der Waals surface area contributed by atoms with Gasteiger partial charge in [-0.25, -0.2) is 19.6 Å². The van der Waals surface area contributed by atoms with Crippen molar-refractivity contribution >= 4 is 0 Å². The normalized spacial score (nSPS) is 3.00. The molecule has 0 bridgehead atoms. The van der Waals surface area contributed by atoms with E-state index in [-0.39, 0.29) is 21.7 Å². The summed E-state index contributed by atoms with van der Waals surface area (Å²) in [5.41, 5.74) is 0. The average molecular weight is 185 g/mol. The molecule has 0 fully saturated rings. The molecule has 0 aliphatic carbocycles. The van der Waals surface area contributed by atoms with Gasteiger partial charge >= 0.3 is 0 Å². The fourth-order valence-electron chi connectivity index (χ4n) is 0. The van der Waals surface area contributed by atoms with Crippen LogP contribution in [0.2, 0.25) is 0 Å². The van der Waals surface area contributed by atoms with Crippen molar-refractivity contribution in [3.8, 4) is 0 Å². The Labute approximate surface area is 78.3 Å². The third-order valence-electron chi connectivity index (χ3n) is 0. The van der Waals surface area contributed by atoms with Crippen LogP contribution in [0.1, 0.15) is 0 Å². The average Bonchev–Trinajstić information content (AvgIpc) is 2.01. The molecule has 0 aromatic carbocycles. The molecule has 0 rings (SSSR count). The van der Waals surface area contributed by atoms with E-state index in [2.05, 4.69) is 13.5 Å². The van der Waals surface area contributed by atoms with Gasteiger partial charge in [0.05, 0.1) is 0 Å². The minimum Gasteiger partial charge on any atom is -0.400 e. The van der Waals surface area contributed by atoms with Gasteiger partial charge in [0.2, 0.25) is 0 Å². The van der Waals surface area contributed by atoms with Gasteiger partial charge < -0.3 is 15.3 Å². The zero-order valence-corrected chi connectivity index (χ0v) is 8.39. The minimum atomic E-state index is 0. The molecule has 3 nitrogen and oxygen atoms in total. The topological polar surface area (TPSA) is 60.7 Å². The van der Waals surface area contributed by atoms with Crippen LogP contribution in [0.3, 0.4) is 0 Å². The summed E-state index contributed by atoms with van der Waals surface area (Å²) < 4.78 is 0. The molecule has 0 radical (unpaired) electrons. The van der Waals surface area contributed by atoms with Gasteiger partial charge in [0.25, 0.3) is 0 Å². The van der Waals surface area contributed by atoms with Gasteiger partial charge in [-0.2, -0.15) is 0 Å². The maximum Gasteiger partial charge on any atom is 0.0319 e. The molecule has 0 unspecified atom stereocenters. The van der Waals surface area contributed by atoms with Gasteiger partial charge in [-0.05, 0) is 0 Å². The van der Waals surface area contributed by atoms with Gasteiger partial charge in [-0.1, -0.05) is 0 Å². The largest absolute Gasteiger partial charge is 0.400 e. The zero-order chi connectivity index (χ0) is 8.71. The van der Waals surface area contributed by atoms with Gasteiger partial charge in [0.1, 0.15) is 0 Å². The Balaban J connectivity index is -0.0000000110. The number of hydrogen-bond acceptors (Lipinski definition) is 3. The van der Waals surface area contributed by atoms with Crippen molar-refractivity contribution < 1.29 is 37.0 Å². The maximum atomic E-state index is 7.00. The molecule has 0 saturated heterocycles. The van der Waals surface area contributed by atoms with Crippen LogP contribution < -0.4 is 0 Å². The van der Waals surface area contributed by atoms with Crippen molar-refractivity contribution in [3.63, 3.8) is 0 Å². The van der Waals surface area contributed by atoms with E-state index in [0.29, 0.717) is 0 Å². The second kappa shape index (κ2) is 427. The fraction of sp³-hybridized carbons (Fsp3) is 0.500. The monoisotopic (exact) mass is 185 g/mol. The molecule has 0 saturated carbocycles. The summed E-state index contributed by atoms with van der Waals surface area (Å²) in [5, 5.41) is 21.0. The number of allylic oxidation sites excluding steroid dienone is 1. The van der Waals surface area contributed by atoms with E-state index >= 15 is 0 Å². The summed E-state index contributed by atoms with van der Waals surface area (Å²) in [5.74, 6) is 0. The summed E-state index contributed by atoms with van der Waals surface area (Å²) in [6.07, 6.45) is 1.50. The van der Waals surface area contributed by atoms with Crippen LogP contribution in [0.4, 0.5) is 0 Å². The molecule has 0 aromatic rings. The van der Waals surface area contributed by atoms with Crippen molar-refractivity contribution in [1.29, 1.82) is 0 Å². The first-order chi connectivity index (χ1) is 4.41. The summed E-state index contributed by atoms with van der Waals surface area (Å²) in [7, 11) is 3.00. The SMILES string of the molecule is C=C[CH2-].CO.CO.CO.[Ti]. The molecular formula is C6H17O3Ti-. The predicted octanol–water partition coefficient (Wildman–Crippen LogP) is -0.171. The van der Waals surface area contributed by atoms with Crippen molar-refractivity contribution in [2.45, 2.75) is 0 Å². The Kier molecular flexibility index (Phi) is 1360. The van der Waals surface area contributed by atoms with Crippen molar-refractivity contribution in [3.05, 3.63) is 19.6 Å². The zero-order valence-electron chi connectivity index (χ0n) is 6.83. The molecule has 64 valence electrons. The second-order valence-electron chi connectivity index (χ2n) is 0.289. The van der Waals surface area contributed by atoms with Gasteiger partial charge in [-0.3, -0.25) is 0 Å². The van der Waals surface area contributed by atoms with E-state index in [9.17, 15) is 0 Å². The van der Waals surface area contributed by atoms with Crippen LogP contribution in [0.5, 0.6) is 0 Å². The van der Waals surface area contributed by atoms with Gasteiger partial charge in [0.15, 0.2) is 0 Å². The third kappa shape index (κ3) is 10200. The molecular weight excluding hydrogens is 168 g/mol. The third-order valence-corrected chi connectivity index (χ3v) is 0. The number of rotatable bonds is 0. The van der Waals surface area contributed by atoms with Crippen LogP contribution in [-0.2, 0) is 21.7 Å². The summed E-state index contributed by atoms with van der Waals surface area (Å²) >= 11 is 0. The van der Waals surface area contributed by atoms with Crippen molar-refractivity contribution in [2.24, 2.45) is 0 Å². The van der Waals surface area contributed by atoms with Crippen LogP contribution in [0.15, 0.2) is 12.7 Å². The summed E-state index contributed by atoms with van der Waals surface area (Å²) in [6, 6.07) is 0. The first-order valence-electron chi connectivity index (χ1n) is 2.16. The van der Waals surface area contributed by atoms with E-state index in [4.69, 9.17) is 15.3 Å². The molecule has 3 N–H and O–H groups in total. The second-order valence-corrected chi connectivity index (χ2v) is 0.289. The van der Waals surface area contributed by atoms with Crippen molar-refractivity contribution in [1.82, 2.24) is 0 Å². The van der Waals surface area contributed by atoms with E-state index in [1.165, 1.54) is 6.08 Å². The van der Waals surface area contributed by atoms with Crippen LogP contribution in [0.25, 0.3) is 0 Å².